The predicted molar refractivity (Wildman–Crippen MR) is 118 cm³/mol. The van der Waals surface area contributed by atoms with Crippen LogP contribution >= 0.6 is 0 Å². The van der Waals surface area contributed by atoms with Crippen LogP contribution in [0.4, 0.5) is 0 Å². The molecule has 0 aromatic rings. The molecular formula is C27H44O3. The first-order chi connectivity index (χ1) is 14.2. The van der Waals surface area contributed by atoms with Gasteiger partial charge in [0.05, 0.1) is 12.2 Å². The fraction of sp³-hybridized carbons (Fsp3) is 1.00. The molecule has 0 radical (unpaired) electrons. The van der Waals surface area contributed by atoms with E-state index in [4.69, 9.17) is 9.47 Å². The summed E-state index contributed by atoms with van der Waals surface area (Å²) in [5.74, 6) is 4.89. The quantitative estimate of drug-likeness (QED) is 0.595. The zero-order chi connectivity index (χ0) is 21.1. The van der Waals surface area contributed by atoms with Crippen LogP contribution in [0.1, 0.15) is 92.4 Å². The molecule has 0 amide bonds. The first-order valence-electron chi connectivity index (χ1n) is 13.3. The minimum atomic E-state index is -0.268. The molecule has 3 heteroatoms. The van der Waals surface area contributed by atoms with E-state index in [0.29, 0.717) is 11.5 Å². The van der Waals surface area contributed by atoms with Crippen LogP contribution in [-0.2, 0) is 9.47 Å². The lowest BCUT2D eigenvalue weighted by atomic mass is 9.44. The van der Waals surface area contributed by atoms with Crippen molar-refractivity contribution in [1.82, 2.24) is 0 Å². The smallest absolute Gasteiger partial charge is 0.132 e. The highest BCUT2D eigenvalue weighted by Crippen LogP contribution is 2.77. The maximum absolute atomic E-state index is 10.5. The van der Waals surface area contributed by atoms with Crippen LogP contribution in [0.5, 0.6) is 0 Å². The van der Waals surface area contributed by atoms with Gasteiger partial charge in [0.1, 0.15) is 17.8 Å². The topological polar surface area (TPSA) is 45.3 Å². The van der Waals surface area contributed by atoms with E-state index >= 15 is 0 Å². The molecule has 1 spiro atoms. The summed E-state index contributed by atoms with van der Waals surface area (Å²) < 4.78 is 12.9. The number of ether oxygens (including phenoxy) is 2. The zero-order valence-electron chi connectivity index (χ0n) is 19.9. The molecule has 170 valence electrons. The van der Waals surface area contributed by atoms with Crippen molar-refractivity contribution in [3.05, 3.63) is 0 Å². The van der Waals surface area contributed by atoms with Gasteiger partial charge >= 0.3 is 0 Å². The Morgan fingerprint density at radius 2 is 1.73 bits per heavy atom. The molecule has 0 bridgehead atoms. The Bertz CT molecular complexity index is 706. The Kier molecular flexibility index (Phi) is 4.42. The number of hydrogen-bond donors (Lipinski definition) is 1. The number of aliphatic hydroxyl groups is 1. The lowest BCUT2D eigenvalue weighted by Crippen LogP contribution is -2.62. The third-order valence-corrected chi connectivity index (χ3v) is 11.6. The Hall–Kier alpha value is -0.120. The Balaban J connectivity index is 1.24. The van der Waals surface area contributed by atoms with Gasteiger partial charge in [-0.05, 0) is 79.4 Å². The van der Waals surface area contributed by atoms with Crippen LogP contribution < -0.4 is 0 Å². The monoisotopic (exact) mass is 416 g/mol. The van der Waals surface area contributed by atoms with E-state index in [1.165, 1.54) is 44.9 Å². The van der Waals surface area contributed by atoms with Gasteiger partial charge in [0.15, 0.2) is 0 Å². The summed E-state index contributed by atoms with van der Waals surface area (Å²) in [4.78, 5) is 0. The van der Waals surface area contributed by atoms with Crippen LogP contribution in [0.25, 0.3) is 0 Å². The molecule has 0 aromatic heterocycles. The van der Waals surface area contributed by atoms with Crippen molar-refractivity contribution in [3.8, 4) is 0 Å². The van der Waals surface area contributed by atoms with E-state index in [2.05, 4.69) is 34.6 Å². The van der Waals surface area contributed by atoms with Crippen LogP contribution in [0.2, 0.25) is 0 Å². The van der Waals surface area contributed by atoms with Gasteiger partial charge < -0.3 is 14.6 Å². The number of fused-ring (bicyclic) bond motifs is 6. The molecule has 2 aliphatic heterocycles. The number of aliphatic hydroxyl groups excluding tert-OH is 1. The summed E-state index contributed by atoms with van der Waals surface area (Å²) in [6, 6.07) is 0. The second-order valence-corrected chi connectivity index (χ2v) is 13.2. The second-order valence-electron chi connectivity index (χ2n) is 13.2. The van der Waals surface area contributed by atoms with Crippen LogP contribution in [0.3, 0.4) is 0 Å². The maximum atomic E-state index is 10.5. The highest BCUT2D eigenvalue weighted by molar-refractivity contribution is 5.33. The Morgan fingerprint density at radius 1 is 0.933 bits per heavy atom. The third-order valence-electron chi connectivity index (χ3n) is 11.6. The normalized spacial score (nSPS) is 58.9. The van der Waals surface area contributed by atoms with Gasteiger partial charge in [0.25, 0.3) is 0 Å². The standard InChI is InChI=1S/C27H44O3/c1-15(2)7-6-8-16(3)17-9-10-18-21-19(11-13-25(17,18)4)26(5)14-12-20(28)23-27(26,30-23)24-22(21)29-24/h15-24,28H,6-14H2,1-5H3/t16-,17-,18+,19+,20+,21+,22+,23+,24+,25-,26-,27+/m1/s1. The summed E-state index contributed by atoms with van der Waals surface area (Å²) in [5.41, 5.74) is 0.571. The van der Waals surface area contributed by atoms with E-state index in [9.17, 15) is 5.11 Å². The van der Waals surface area contributed by atoms with Gasteiger partial charge in [-0.2, -0.15) is 0 Å². The van der Waals surface area contributed by atoms with E-state index in [-0.39, 0.29) is 29.3 Å². The molecule has 3 nitrogen and oxygen atoms in total. The molecule has 4 aliphatic carbocycles. The summed E-state index contributed by atoms with van der Waals surface area (Å²) in [6.07, 6.45) is 12.3. The lowest BCUT2D eigenvalue weighted by Gasteiger charge is -2.58. The summed E-state index contributed by atoms with van der Waals surface area (Å²) in [7, 11) is 0. The maximum Gasteiger partial charge on any atom is 0.132 e. The second kappa shape index (κ2) is 6.48. The van der Waals surface area contributed by atoms with Crippen molar-refractivity contribution in [2.24, 2.45) is 46.3 Å². The van der Waals surface area contributed by atoms with Crippen molar-refractivity contribution < 1.29 is 14.6 Å². The summed E-state index contributed by atoms with van der Waals surface area (Å²) in [5, 5.41) is 10.5. The van der Waals surface area contributed by atoms with Crippen LogP contribution in [-0.4, -0.2) is 35.1 Å². The molecule has 4 saturated carbocycles. The van der Waals surface area contributed by atoms with Gasteiger partial charge in [0, 0.05) is 5.41 Å². The highest BCUT2D eigenvalue weighted by Gasteiger charge is 2.86. The van der Waals surface area contributed by atoms with Crippen molar-refractivity contribution in [2.45, 2.75) is 122 Å². The molecule has 2 heterocycles. The Labute approximate surface area is 183 Å². The van der Waals surface area contributed by atoms with Crippen molar-refractivity contribution in [2.75, 3.05) is 0 Å². The average Bonchev–Trinajstić information content (AvgIpc) is 3.58. The minimum Gasteiger partial charge on any atom is -0.390 e. The molecule has 6 aliphatic rings. The van der Waals surface area contributed by atoms with Crippen molar-refractivity contribution >= 4 is 0 Å². The fourth-order valence-corrected chi connectivity index (χ4v) is 10.0. The summed E-state index contributed by atoms with van der Waals surface area (Å²) in [6.45, 7) is 12.5. The van der Waals surface area contributed by atoms with Crippen molar-refractivity contribution in [3.63, 3.8) is 0 Å². The lowest BCUT2D eigenvalue weighted by molar-refractivity contribution is -0.106. The molecule has 2 saturated heterocycles. The first kappa shape index (κ1) is 20.5. The number of rotatable bonds is 5. The molecular weight excluding hydrogens is 372 g/mol. The van der Waals surface area contributed by atoms with Gasteiger partial charge in [0.2, 0.25) is 0 Å². The predicted octanol–water partition coefficient (Wildman–Crippen LogP) is 5.59. The van der Waals surface area contributed by atoms with Gasteiger partial charge in [-0.15, -0.1) is 0 Å². The summed E-state index contributed by atoms with van der Waals surface area (Å²) >= 11 is 0. The highest BCUT2D eigenvalue weighted by atomic mass is 16.7. The largest absolute Gasteiger partial charge is 0.390 e. The molecule has 6 fully saturated rings. The fourth-order valence-electron chi connectivity index (χ4n) is 10.0. The first-order valence-corrected chi connectivity index (χ1v) is 13.3. The molecule has 0 aromatic carbocycles. The molecule has 30 heavy (non-hydrogen) atoms. The van der Waals surface area contributed by atoms with E-state index in [1.54, 1.807) is 0 Å². The van der Waals surface area contributed by atoms with E-state index in [0.717, 1.165) is 48.3 Å². The molecule has 6 rings (SSSR count). The number of epoxide rings is 2. The molecule has 12 atom stereocenters. The average molecular weight is 417 g/mol. The third kappa shape index (κ3) is 2.44. The molecule has 0 unspecified atom stereocenters. The van der Waals surface area contributed by atoms with Crippen molar-refractivity contribution in [1.29, 1.82) is 0 Å². The van der Waals surface area contributed by atoms with Crippen LogP contribution in [0.15, 0.2) is 0 Å². The Morgan fingerprint density at radius 3 is 2.50 bits per heavy atom. The zero-order valence-corrected chi connectivity index (χ0v) is 19.9. The van der Waals surface area contributed by atoms with Gasteiger partial charge in [-0.1, -0.05) is 53.9 Å². The van der Waals surface area contributed by atoms with Crippen LogP contribution in [0, 0.1) is 46.3 Å². The van der Waals surface area contributed by atoms with E-state index in [1.807, 2.05) is 0 Å². The van der Waals surface area contributed by atoms with Gasteiger partial charge in [-0.25, -0.2) is 0 Å². The SMILES string of the molecule is CC(C)CCC[C@@H](C)[C@H]1CC[C@H]2[C@@H]3[C@@H]4O[C@@H]4[C@@]45O[C@H]4[C@@H](O)CC[C@]5(C)[C@H]3CC[C@]12C. The minimum absolute atomic E-state index is 0.0535. The van der Waals surface area contributed by atoms with Gasteiger partial charge in [-0.3, -0.25) is 0 Å². The van der Waals surface area contributed by atoms with E-state index < -0.39 is 0 Å². The molecule has 1 N–H and O–H groups in total. The number of hydrogen-bond acceptors (Lipinski definition) is 3.